The molecule has 8 heteroatoms. The molecule has 30 heavy (non-hydrogen) atoms. The van der Waals surface area contributed by atoms with Gasteiger partial charge in [0.25, 0.3) is 0 Å². The van der Waals surface area contributed by atoms with Crippen molar-refractivity contribution in [3.05, 3.63) is 36.4 Å². The number of piperazine rings is 1. The van der Waals surface area contributed by atoms with Crippen LogP contribution in [0.2, 0.25) is 0 Å². The molecule has 160 valence electrons. The van der Waals surface area contributed by atoms with Crippen LogP contribution in [0.3, 0.4) is 0 Å². The molecule has 0 bridgehead atoms. The molecule has 8 nitrogen and oxygen atoms in total. The first-order valence-electron chi connectivity index (χ1n) is 10.6. The average molecular weight is 411 g/mol. The van der Waals surface area contributed by atoms with Crippen LogP contribution in [0.15, 0.2) is 36.4 Å². The number of amides is 1. The fraction of sp³-hybridized carbons (Fsp3) is 0.500. The zero-order valence-electron chi connectivity index (χ0n) is 17.8. The first-order valence-corrected chi connectivity index (χ1v) is 10.6. The Kier molecular flexibility index (Phi) is 6.44. The number of anilines is 1. The van der Waals surface area contributed by atoms with Gasteiger partial charge in [-0.05, 0) is 44.2 Å². The summed E-state index contributed by atoms with van der Waals surface area (Å²) in [5.74, 6) is 1.84. The van der Waals surface area contributed by atoms with Gasteiger partial charge in [0.2, 0.25) is 5.91 Å². The largest absolute Gasteiger partial charge is 0.496 e. The molecule has 0 aliphatic carbocycles. The second-order valence-corrected chi connectivity index (χ2v) is 8.00. The van der Waals surface area contributed by atoms with Gasteiger partial charge in [-0.2, -0.15) is 0 Å². The number of rotatable bonds is 5. The normalized spacial score (nSPS) is 18.9. The van der Waals surface area contributed by atoms with Crippen molar-refractivity contribution < 1.29 is 9.53 Å². The molecule has 0 atom stereocenters. The molecule has 0 unspecified atom stereocenters. The number of ether oxygens (including phenoxy) is 1. The average Bonchev–Trinajstić information content (AvgIpc) is 2.81. The summed E-state index contributed by atoms with van der Waals surface area (Å²) in [7, 11) is 3.77. The fourth-order valence-corrected chi connectivity index (χ4v) is 4.03. The second-order valence-electron chi connectivity index (χ2n) is 8.00. The number of nitrogens with zero attached hydrogens (tertiary/aromatic N) is 5. The maximum atomic E-state index is 12.6. The summed E-state index contributed by atoms with van der Waals surface area (Å²) in [6.07, 6.45) is 1.66. The minimum Gasteiger partial charge on any atom is -0.496 e. The Hall–Kier alpha value is -2.71. The van der Waals surface area contributed by atoms with Crippen molar-refractivity contribution in [2.45, 2.75) is 12.8 Å². The Labute approximate surface area is 177 Å². The van der Waals surface area contributed by atoms with E-state index in [2.05, 4.69) is 37.5 Å². The van der Waals surface area contributed by atoms with Gasteiger partial charge in [-0.15, -0.1) is 10.2 Å². The van der Waals surface area contributed by atoms with Gasteiger partial charge < -0.3 is 14.5 Å². The Bertz CT molecular complexity index is 843. The van der Waals surface area contributed by atoms with Crippen molar-refractivity contribution >= 4 is 11.7 Å². The third-order valence-corrected chi connectivity index (χ3v) is 5.99. The molecule has 0 saturated carbocycles. The number of hydrogen-bond acceptors (Lipinski definition) is 7. The highest BCUT2D eigenvalue weighted by Crippen LogP contribution is 2.29. The SMILES string of the molecule is COc1ccccc1-c1ccc(N2CCC(C(=O)NN3CCN(C)CC3)CC2)nn1. The van der Waals surface area contributed by atoms with E-state index >= 15 is 0 Å². The van der Waals surface area contributed by atoms with Crippen molar-refractivity contribution in [1.29, 1.82) is 0 Å². The van der Waals surface area contributed by atoms with E-state index in [0.717, 1.165) is 74.9 Å². The Balaban J connectivity index is 1.31. The minimum atomic E-state index is 0.0571. The highest BCUT2D eigenvalue weighted by atomic mass is 16.5. The van der Waals surface area contributed by atoms with Crippen LogP contribution in [-0.2, 0) is 4.79 Å². The van der Waals surface area contributed by atoms with E-state index < -0.39 is 0 Å². The quantitative estimate of drug-likeness (QED) is 0.803. The lowest BCUT2D eigenvalue weighted by Gasteiger charge is -2.35. The van der Waals surface area contributed by atoms with Crippen molar-refractivity contribution in [3.8, 4) is 17.0 Å². The predicted octanol–water partition coefficient (Wildman–Crippen LogP) is 1.65. The van der Waals surface area contributed by atoms with E-state index in [1.54, 1.807) is 7.11 Å². The summed E-state index contributed by atoms with van der Waals surface area (Å²) in [5, 5.41) is 10.9. The number of carbonyl (C=O) groups excluding carboxylic acids is 1. The number of hydrazine groups is 1. The summed E-state index contributed by atoms with van der Waals surface area (Å²) in [6, 6.07) is 11.8. The lowest BCUT2D eigenvalue weighted by Crippen LogP contribution is -2.54. The van der Waals surface area contributed by atoms with Gasteiger partial charge >= 0.3 is 0 Å². The Morgan fingerprint density at radius 2 is 1.73 bits per heavy atom. The van der Waals surface area contributed by atoms with Crippen LogP contribution in [0, 0.1) is 5.92 Å². The number of methoxy groups -OCH3 is 1. The van der Waals surface area contributed by atoms with Crippen molar-refractivity contribution in [2.75, 3.05) is 58.3 Å². The third-order valence-electron chi connectivity index (χ3n) is 5.99. The highest BCUT2D eigenvalue weighted by Gasteiger charge is 2.27. The number of para-hydroxylation sites is 1. The van der Waals surface area contributed by atoms with Crippen LogP contribution < -0.4 is 15.1 Å². The molecule has 2 aliphatic heterocycles. The van der Waals surface area contributed by atoms with E-state index in [1.807, 2.05) is 36.4 Å². The zero-order chi connectivity index (χ0) is 20.9. The van der Waals surface area contributed by atoms with Crippen LogP contribution in [0.4, 0.5) is 5.82 Å². The number of carbonyl (C=O) groups is 1. The summed E-state index contributed by atoms with van der Waals surface area (Å²) in [5.41, 5.74) is 4.83. The molecule has 1 amide bonds. The second kappa shape index (κ2) is 9.40. The Morgan fingerprint density at radius 3 is 2.40 bits per heavy atom. The van der Waals surface area contributed by atoms with E-state index in [0.29, 0.717) is 0 Å². The molecule has 1 aromatic carbocycles. The van der Waals surface area contributed by atoms with E-state index in [1.165, 1.54) is 0 Å². The van der Waals surface area contributed by atoms with Gasteiger partial charge in [0, 0.05) is 50.7 Å². The maximum Gasteiger partial charge on any atom is 0.237 e. The molecular weight excluding hydrogens is 380 g/mol. The number of hydrogen-bond donors (Lipinski definition) is 1. The molecule has 4 rings (SSSR count). The molecule has 2 saturated heterocycles. The van der Waals surface area contributed by atoms with Crippen LogP contribution in [-0.4, -0.2) is 79.4 Å². The lowest BCUT2D eigenvalue weighted by atomic mass is 9.96. The molecule has 3 heterocycles. The van der Waals surface area contributed by atoms with Crippen LogP contribution >= 0.6 is 0 Å². The number of nitrogens with one attached hydrogen (secondary N) is 1. The molecule has 1 aromatic heterocycles. The van der Waals surface area contributed by atoms with Gasteiger partial charge in [-0.3, -0.25) is 10.2 Å². The third kappa shape index (κ3) is 4.71. The van der Waals surface area contributed by atoms with Gasteiger partial charge in [0.05, 0.1) is 12.8 Å². The van der Waals surface area contributed by atoms with Gasteiger partial charge in [-0.1, -0.05) is 12.1 Å². The van der Waals surface area contributed by atoms with Crippen molar-refractivity contribution in [1.82, 2.24) is 25.5 Å². The summed E-state index contributed by atoms with van der Waals surface area (Å²) < 4.78 is 5.42. The lowest BCUT2D eigenvalue weighted by molar-refractivity contribution is -0.131. The smallest absolute Gasteiger partial charge is 0.237 e. The van der Waals surface area contributed by atoms with Crippen molar-refractivity contribution in [3.63, 3.8) is 0 Å². The standard InChI is InChI=1S/C22H30N6O2/c1-26-13-15-28(16-14-26)25-22(29)17-9-11-27(12-10-17)21-8-7-19(23-24-21)18-5-3-4-6-20(18)30-2/h3-8,17H,9-16H2,1-2H3,(H,25,29). The summed E-state index contributed by atoms with van der Waals surface area (Å²) in [6.45, 7) is 5.36. The monoisotopic (exact) mass is 410 g/mol. The predicted molar refractivity (Wildman–Crippen MR) is 116 cm³/mol. The molecular formula is C22H30N6O2. The molecule has 1 N–H and O–H groups in total. The van der Waals surface area contributed by atoms with E-state index in [-0.39, 0.29) is 11.8 Å². The summed E-state index contributed by atoms with van der Waals surface area (Å²) >= 11 is 0. The molecule has 2 aromatic rings. The number of aromatic nitrogens is 2. The van der Waals surface area contributed by atoms with Crippen LogP contribution in [0.5, 0.6) is 5.75 Å². The Morgan fingerprint density at radius 1 is 1.00 bits per heavy atom. The molecule has 0 radical (unpaired) electrons. The van der Waals surface area contributed by atoms with Gasteiger partial charge in [0.1, 0.15) is 5.75 Å². The maximum absolute atomic E-state index is 12.6. The number of likely N-dealkylation sites (N-methyl/N-ethyl adjacent to an activating group) is 1. The fourth-order valence-electron chi connectivity index (χ4n) is 4.03. The van der Waals surface area contributed by atoms with Crippen LogP contribution in [0.25, 0.3) is 11.3 Å². The van der Waals surface area contributed by atoms with Gasteiger partial charge in [-0.25, -0.2) is 5.01 Å². The zero-order valence-corrected chi connectivity index (χ0v) is 17.8. The first-order chi connectivity index (χ1) is 14.6. The number of piperidine rings is 1. The molecule has 2 fully saturated rings. The first kappa shape index (κ1) is 20.6. The minimum absolute atomic E-state index is 0.0571. The molecule has 2 aliphatic rings. The number of benzene rings is 1. The van der Waals surface area contributed by atoms with Crippen molar-refractivity contribution in [2.24, 2.45) is 5.92 Å². The summed E-state index contributed by atoms with van der Waals surface area (Å²) in [4.78, 5) is 17.1. The highest BCUT2D eigenvalue weighted by molar-refractivity contribution is 5.78. The van der Waals surface area contributed by atoms with Gasteiger partial charge in [0.15, 0.2) is 5.82 Å². The van der Waals surface area contributed by atoms with E-state index in [9.17, 15) is 4.79 Å². The van der Waals surface area contributed by atoms with E-state index in [4.69, 9.17) is 4.74 Å². The van der Waals surface area contributed by atoms with Crippen LogP contribution in [0.1, 0.15) is 12.8 Å². The molecule has 0 spiro atoms. The topological polar surface area (TPSA) is 73.8 Å².